The van der Waals surface area contributed by atoms with Crippen LogP contribution < -0.4 is 4.74 Å². The lowest BCUT2D eigenvalue weighted by atomic mass is 9.72. The second kappa shape index (κ2) is 8.13. The highest BCUT2D eigenvalue weighted by atomic mass is 16.5. The van der Waals surface area contributed by atoms with Gasteiger partial charge < -0.3 is 10.1 Å². The lowest BCUT2D eigenvalue weighted by Gasteiger charge is -2.39. The fraction of sp³-hybridized carbons (Fsp3) is 0.593. The van der Waals surface area contributed by atoms with Crippen LogP contribution in [0.25, 0.3) is 0 Å². The molecular formula is C27H35NO. The molecule has 0 aromatic heterocycles. The Balaban J connectivity index is 1.42. The summed E-state index contributed by atoms with van der Waals surface area (Å²) in [6.45, 7) is 2.20. The Bertz CT molecular complexity index is 844. The molecule has 4 aliphatic rings. The van der Waals surface area contributed by atoms with Crippen molar-refractivity contribution in [2.45, 2.75) is 89.6 Å². The second-order valence-corrected chi connectivity index (χ2v) is 9.95. The summed E-state index contributed by atoms with van der Waals surface area (Å²) in [6, 6.07) is 6.82. The van der Waals surface area contributed by atoms with Gasteiger partial charge in [-0.1, -0.05) is 29.8 Å². The quantitative estimate of drug-likeness (QED) is 0.564. The number of ether oxygens (including phenoxy) is 1. The molecule has 1 aromatic carbocycles. The van der Waals surface area contributed by atoms with Crippen molar-refractivity contribution < 1.29 is 4.74 Å². The predicted molar refractivity (Wildman–Crippen MR) is 120 cm³/mol. The zero-order chi connectivity index (χ0) is 19.8. The van der Waals surface area contributed by atoms with Gasteiger partial charge in [-0.3, -0.25) is 0 Å². The van der Waals surface area contributed by atoms with Gasteiger partial charge in [0.15, 0.2) is 0 Å². The summed E-state index contributed by atoms with van der Waals surface area (Å²) in [7, 11) is 0. The molecule has 1 N–H and O–H groups in total. The van der Waals surface area contributed by atoms with Crippen LogP contribution in [0.15, 0.2) is 41.5 Å². The lowest BCUT2D eigenvalue weighted by molar-refractivity contribution is 0.123. The maximum absolute atomic E-state index is 8.17. The van der Waals surface area contributed by atoms with Crippen molar-refractivity contribution in [1.29, 1.82) is 5.41 Å². The standard InChI is InChI=1S/C27H35NO/c1-18-9-14-26(25(15-18)21-10-11-21)29-27-22(16-19-5-4-7-23(28)17-19)13-12-20-6-2-3-8-24(20)27/h2,6,9,14-15,19,21-22,27-28H,3-5,7-8,10-13,16-17H2,1H3. The number of allylic oxidation sites excluding steroid dienone is 3. The number of rotatable bonds is 5. The maximum Gasteiger partial charge on any atom is 0.123 e. The minimum atomic E-state index is 0.236. The first-order valence-electron chi connectivity index (χ1n) is 11.9. The first-order chi connectivity index (χ1) is 14.2. The number of hydrogen-bond acceptors (Lipinski definition) is 2. The van der Waals surface area contributed by atoms with Crippen molar-refractivity contribution in [1.82, 2.24) is 0 Å². The van der Waals surface area contributed by atoms with E-state index in [0.717, 1.165) is 37.1 Å². The molecule has 4 aliphatic carbocycles. The zero-order valence-electron chi connectivity index (χ0n) is 17.9. The molecule has 29 heavy (non-hydrogen) atoms. The van der Waals surface area contributed by atoms with Crippen molar-refractivity contribution in [2.75, 3.05) is 0 Å². The summed E-state index contributed by atoms with van der Waals surface area (Å²) in [5.41, 5.74) is 6.90. The molecule has 154 valence electrons. The molecule has 0 saturated heterocycles. The lowest BCUT2D eigenvalue weighted by Crippen LogP contribution is -2.36. The normalized spacial score (nSPS) is 29.7. The van der Waals surface area contributed by atoms with Crippen LogP contribution in [0.1, 0.15) is 87.7 Å². The number of hydrogen-bond donors (Lipinski definition) is 1. The largest absolute Gasteiger partial charge is 0.485 e. The van der Waals surface area contributed by atoms with E-state index in [1.54, 1.807) is 11.1 Å². The van der Waals surface area contributed by atoms with E-state index in [4.69, 9.17) is 10.1 Å². The van der Waals surface area contributed by atoms with Crippen LogP contribution >= 0.6 is 0 Å². The molecule has 3 unspecified atom stereocenters. The van der Waals surface area contributed by atoms with Crippen LogP contribution in [0.2, 0.25) is 0 Å². The van der Waals surface area contributed by atoms with Crippen LogP contribution in [0.5, 0.6) is 5.75 Å². The molecule has 0 spiro atoms. The van der Waals surface area contributed by atoms with Gasteiger partial charge in [-0.05, 0) is 112 Å². The van der Waals surface area contributed by atoms with E-state index in [0.29, 0.717) is 17.8 Å². The van der Waals surface area contributed by atoms with Gasteiger partial charge in [0.25, 0.3) is 0 Å². The van der Waals surface area contributed by atoms with Gasteiger partial charge in [0.05, 0.1) is 0 Å². The Kier molecular flexibility index (Phi) is 5.37. The number of nitrogens with one attached hydrogen (secondary N) is 1. The summed E-state index contributed by atoms with van der Waals surface area (Å²) >= 11 is 0. The van der Waals surface area contributed by atoms with Gasteiger partial charge in [-0.15, -0.1) is 0 Å². The van der Waals surface area contributed by atoms with Gasteiger partial charge >= 0.3 is 0 Å². The Morgan fingerprint density at radius 3 is 2.79 bits per heavy atom. The van der Waals surface area contributed by atoms with Gasteiger partial charge in [0.1, 0.15) is 11.9 Å². The first-order valence-corrected chi connectivity index (χ1v) is 11.9. The van der Waals surface area contributed by atoms with E-state index in [1.807, 2.05) is 0 Å². The van der Waals surface area contributed by atoms with Crippen LogP contribution in [0, 0.1) is 24.2 Å². The topological polar surface area (TPSA) is 33.1 Å². The SMILES string of the molecule is Cc1ccc(OC2C3=C(C=CCC3)CCC2CC2CCCC(=N)C2)c(C2CC2)c1. The summed E-state index contributed by atoms with van der Waals surface area (Å²) < 4.78 is 6.95. The summed E-state index contributed by atoms with van der Waals surface area (Å²) in [6.07, 6.45) is 18.1. The third-order valence-electron chi connectivity index (χ3n) is 7.57. The molecule has 0 bridgehead atoms. The van der Waals surface area contributed by atoms with Gasteiger partial charge in [-0.2, -0.15) is 0 Å². The summed E-state index contributed by atoms with van der Waals surface area (Å²) in [5, 5.41) is 8.17. The molecular weight excluding hydrogens is 354 g/mol. The molecule has 3 atom stereocenters. The molecule has 2 nitrogen and oxygen atoms in total. The van der Waals surface area contributed by atoms with Gasteiger partial charge in [0.2, 0.25) is 0 Å². The van der Waals surface area contributed by atoms with E-state index in [2.05, 4.69) is 37.3 Å². The van der Waals surface area contributed by atoms with Crippen molar-refractivity contribution in [3.05, 3.63) is 52.6 Å². The highest BCUT2D eigenvalue weighted by molar-refractivity contribution is 5.82. The molecule has 2 saturated carbocycles. The molecule has 0 radical (unpaired) electrons. The average Bonchev–Trinajstić information content (AvgIpc) is 3.56. The molecule has 2 fully saturated rings. The molecule has 2 heteroatoms. The zero-order valence-corrected chi connectivity index (χ0v) is 17.9. The van der Waals surface area contributed by atoms with Crippen molar-refractivity contribution in [3.63, 3.8) is 0 Å². The summed E-state index contributed by atoms with van der Waals surface area (Å²) in [5.74, 6) is 3.15. The maximum atomic E-state index is 8.17. The van der Waals surface area contributed by atoms with E-state index in [-0.39, 0.29) is 6.10 Å². The Morgan fingerprint density at radius 2 is 1.97 bits per heavy atom. The highest BCUT2D eigenvalue weighted by Gasteiger charge is 2.36. The van der Waals surface area contributed by atoms with Crippen molar-refractivity contribution in [3.8, 4) is 5.75 Å². The van der Waals surface area contributed by atoms with E-state index >= 15 is 0 Å². The molecule has 1 aromatic rings. The van der Waals surface area contributed by atoms with Gasteiger partial charge in [-0.25, -0.2) is 0 Å². The van der Waals surface area contributed by atoms with Crippen LogP contribution in [0.4, 0.5) is 0 Å². The Hall–Kier alpha value is -1.83. The van der Waals surface area contributed by atoms with Crippen molar-refractivity contribution >= 4 is 5.71 Å². The minimum absolute atomic E-state index is 0.236. The van der Waals surface area contributed by atoms with E-state index in [9.17, 15) is 0 Å². The fourth-order valence-corrected chi connectivity index (χ4v) is 5.90. The van der Waals surface area contributed by atoms with Crippen LogP contribution in [-0.4, -0.2) is 11.8 Å². The van der Waals surface area contributed by atoms with Crippen molar-refractivity contribution in [2.24, 2.45) is 11.8 Å². The van der Waals surface area contributed by atoms with Gasteiger partial charge in [0, 0.05) is 11.6 Å². The van der Waals surface area contributed by atoms with E-state index in [1.165, 1.54) is 56.1 Å². The van der Waals surface area contributed by atoms with Crippen LogP contribution in [0.3, 0.4) is 0 Å². The third-order valence-corrected chi connectivity index (χ3v) is 7.57. The fourth-order valence-electron chi connectivity index (χ4n) is 5.90. The molecule has 5 rings (SSSR count). The highest BCUT2D eigenvalue weighted by Crippen LogP contribution is 2.47. The van der Waals surface area contributed by atoms with Crippen LogP contribution in [-0.2, 0) is 0 Å². The molecule has 0 amide bonds. The van der Waals surface area contributed by atoms with E-state index < -0.39 is 0 Å². The number of benzene rings is 1. The summed E-state index contributed by atoms with van der Waals surface area (Å²) in [4.78, 5) is 0. The minimum Gasteiger partial charge on any atom is -0.485 e. The average molecular weight is 390 g/mol. The first kappa shape index (κ1) is 19.2. The Labute approximate surface area is 175 Å². The number of aryl methyl sites for hydroxylation is 1. The Morgan fingerprint density at radius 1 is 1.07 bits per heavy atom. The second-order valence-electron chi connectivity index (χ2n) is 9.95. The predicted octanol–water partition coefficient (Wildman–Crippen LogP) is 7.28. The molecule has 0 aliphatic heterocycles. The third kappa shape index (κ3) is 4.22. The monoisotopic (exact) mass is 389 g/mol. The smallest absolute Gasteiger partial charge is 0.123 e. The molecule has 0 heterocycles.